The van der Waals surface area contributed by atoms with Crippen LogP contribution in [0.3, 0.4) is 0 Å². The minimum atomic E-state index is -0.338. The minimum absolute atomic E-state index is 0.135. The van der Waals surface area contributed by atoms with E-state index in [0.717, 1.165) is 0 Å². The first kappa shape index (κ1) is 13.9. The lowest BCUT2D eigenvalue weighted by Crippen LogP contribution is -2.11. The van der Waals surface area contributed by atoms with Gasteiger partial charge in [0, 0.05) is 0 Å². The zero-order chi connectivity index (χ0) is 14.5. The van der Waals surface area contributed by atoms with E-state index in [1.807, 2.05) is 0 Å². The van der Waals surface area contributed by atoms with E-state index in [9.17, 15) is 9.59 Å². The third-order valence-corrected chi connectivity index (χ3v) is 2.74. The lowest BCUT2D eigenvalue weighted by molar-refractivity contribution is -0.143. The SMILES string of the molecule is CCOC(=O)CCn1nc(-c2ccco2)c(C=O)c1N. The summed E-state index contributed by atoms with van der Waals surface area (Å²) >= 11 is 0. The van der Waals surface area contributed by atoms with E-state index in [4.69, 9.17) is 14.9 Å². The van der Waals surface area contributed by atoms with Crippen molar-refractivity contribution >= 4 is 18.1 Å². The number of nitrogen functional groups attached to an aromatic ring is 1. The first-order chi connectivity index (χ1) is 9.67. The highest BCUT2D eigenvalue weighted by molar-refractivity contribution is 5.90. The Balaban J connectivity index is 2.23. The molecule has 0 saturated carbocycles. The number of nitrogens with zero attached hydrogens (tertiary/aromatic N) is 2. The number of nitrogens with two attached hydrogens (primary N) is 1. The van der Waals surface area contributed by atoms with Crippen molar-refractivity contribution in [3.05, 3.63) is 24.0 Å². The van der Waals surface area contributed by atoms with Gasteiger partial charge in [-0.1, -0.05) is 0 Å². The highest BCUT2D eigenvalue weighted by Gasteiger charge is 2.18. The number of ether oxygens (including phenoxy) is 1. The Morgan fingerprint density at radius 2 is 2.40 bits per heavy atom. The van der Waals surface area contributed by atoms with Crippen molar-refractivity contribution in [1.82, 2.24) is 9.78 Å². The maximum atomic E-state index is 11.3. The van der Waals surface area contributed by atoms with Gasteiger partial charge in [-0.25, -0.2) is 4.68 Å². The minimum Gasteiger partial charge on any atom is -0.466 e. The predicted molar refractivity (Wildman–Crippen MR) is 71.0 cm³/mol. The molecule has 2 rings (SSSR count). The maximum absolute atomic E-state index is 11.3. The molecule has 0 fully saturated rings. The van der Waals surface area contributed by atoms with Crippen molar-refractivity contribution in [1.29, 1.82) is 0 Å². The van der Waals surface area contributed by atoms with Gasteiger partial charge in [0.2, 0.25) is 0 Å². The fraction of sp³-hybridized carbons (Fsp3) is 0.308. The Morgan fingerprint density at radius 3 is 3.00 bits per heavy atom. The summed E-state index contributed by atoms with van der Waals surface area (Å²) in [7, 11) is 0. The molecule has 106 valence electrons. The highest BCUT2D eigenvalue weighted by Crippen LogP contribution is 2.26. The molecule has 0 amide bonds. The molecule has 2 aromatic heterocycles. The third-order valence-electron chi connectivity index (χ3n) is 2.74. The van der Waals surface area contributed by atoms with Gasteiger partial charge in [-0.05, 0) is 19.1 Å². The Labute approximate surface area is 115 Å². The lowest BCUT2D eigenvalue weighted by Gasteiger charge is -2.03. The van der Waals surface area contributed by atoms with Gasteiger partial charge in [-0.3, -0.25) is 9.59 Å². The van der Waals surface area contributed by atoms with E-state index in [2.05, 4.69) is 5.10 Å². The average Bonchev–Trinajstić information content (AvgIpc) is 3.04. The Bertz CT molecular complexity index is 601. The van der Waals surface area contributed by atoms with Gasteiger partial charge in [-0.2, -0.15) is 5.10 Å². The molecule has 0 aliphatic rings. The summed E-state index contributed by atoms with van der Waals surface area (Å²) in [4.78, 5) is 22.5. The van der Waals surface area contributed by atoms with Crippen LogP contribution >= 0.6 is 0 Å². The van der Waals surface area contributed by atoms with Crippen LogP contribution in [0.25, 0.3) is 11.5 Å². The molecule has 0 aliphatic heterocycles. The van der Waals surface area contributed by atoms with Crippen LogP contribution in [-0.4, -0.2) is 28.6 Å². The standard InChI is InChI=1S/C13H15N3O4/c1-2-19-11(18)5-6-16-13(14)9(8-17)12(15-16)10-4-3-7-20-10/h3-4,7-8H,2,5-6,14H2,1H3. The molecule has 7 heteroatoms. The Kier molecular flexibility index (Phi) is 4.19. The molecule has 0 bridgehead atoms. The number of carbonyl (C=O) groups is 2. The van der Waals surface area contributed by atoms with Gasteiger partial charge >= 0.3 is 5.97 Å². The number of hydrogen-bond donors (Lipinski definition) is 1. The fourth-order valence-electron chi connectivity index (χ4n) is 1.80. The van der Waals surface area contributed by atoms with E-state index in [1.54, 1.807) is 19.1 Å². The zero-order valence-corrected chi connectivity index (χ0v) is 11.0. The number of carbonyl (C=O) groups excluding carboxylic acids is 2. The second-order valence-corrected chi connectivity index (χ2v) is 4.02. The summed E-state index contributed by atoms with van der Waals surface area (Å²) in [5.41, 5.74) is 6.48. The highest BCUT2D eigenvalue weighted by atomic mass is 16.5. The van der Waals surface area contributed by atoms with E-state index in [0.29, 0.717) is 24.3 Å². The van der Waals surface area contributed by atoms with Gasteiger partial charge in [0.1, 0.15) is 11.5 Å². The number of furan rings is 1. The van der Waals surface area contributed by atoms with Gasteiger partial charge in [0.15, 0.2) is 12.0 Å². The lowest BCUT2D eigenvalue weighted by atomic mass is 10.2. The topological polar surface area (TPSA) is 100 Å². The van der Waals surface area contributed by atoms with Crippen molar-refractivity contribution in [2.24, 2.45) is 0 Å². The monoisotopic (exact) mass is 277 g/mol. The largest absolute Gasteiger partial charge is 0.466 e. The molecule has 0 unspecified atom stereocenters. The van der Waals surface area contributed by atoms with Gasteiger partial charge in [0.05, 0.1) is 31.4 Å². The van der Waals surface area contributed by atoms with E-state index < -0.39 is 0 Å². The number of aromatic nitrogens is 2. The molecule has 2 aromatic rings. The summed E-state index contributed by atoms with van der Waals surface area (Å²) < 4.78 is 11.4. The smallest absolute Gasteiger partial charge is 0.307 e. The first-order valence-corrected chi connectivity index (χ1v) is 6.18. The molecular formula is C13H15N3O4. The molecular weight excluding hydrogens is 262 g/mol. The van der Waals surface area contributed by atoms with Gasteiger partial charge in [0.25, 0.3) is 0 Å². The molecule has 0 aromatic carbocycles. The molecule has 0 radical (unpaired) electrons. The molecule has 2 heterocycles. The van der Waals surface area contributed by atoms with Crippen molar-refractivity contribution in [3.63, 3.8) is 0 Å². The van der Waals surface area contributed by atoms with E-state index in [1.165, 1.54) is 10.9 Å². The second-order valence-electron chi connectivity index (χ2n) is 4.02. The van der Waals surface area contributed by atoms with Crippen LogP contribution in [0, 0.1) is 0 Å². The molecule has 20 heavy (non-hydrogen) atoms. The molecule has 0 atom stereocenters. The molecule has 2 N–H and O–H groups in total. The van der Waals surface area contributed by atoms with Crippen molar-refractivity contribution in [2.75, 3.05) is 12.3 Å². The zero-order valence-electron chi connectivity index (χ0n) is 11.0. The third kappa shape index (κ3) is 2.71. The van der Waals surface area contributed by atoms with Gasteiger partial charge < -0.3 is 14.9 Å². The molecule has 0 saturated heterocycles. The van der Waals surface area contributed by atoms with Crippen LogP contribution < -0.4 is 5.73 Å². The van der Waals surface area contributed by atoms with Crippen LogP contribution in [0.5, 0.6) is 0 Å². The summed E-state index contributed by atoms with van der Waals surface area (Å²) in [5.74, 6) is 0.319. The Hall–Kier alpha value is -2.57. The van der Waals surface area contributed by atoms with Crippen molar-refractivity contribution in [3.8, 4) is 11.5 Å². The molecule has 0 spiro atoms. The second kappa shape index (κ2) is 6.05. The predicted octanol–water partition coefficient (Wildman–Crippen LogP) is 1.49. The summed E-state index contributed by atoms with van der Waals surface area (Å²) in [6.45, 7) is 2.30. The maximum Gasteiger partial charge on any atom is 0.307 e. The Morgan fingerprint density at radius 1 is 1.60 bits per heavy atom. The summed E-state index contributed by atoms with van der Waals surface area (Å²) in [6, 6.07) is 3.38. The number of anilines is 1. The molecule has 0 aliphatic carbocycles. The quantitative estimate of drug-likeness (QED) is 0.634. The van der Waals surface area contributed by atoms with Crippen molar-refractivity contribution in [2.45, 2.75) is 19.9 Å². The number of rotatable bonds is 6. The van der Waals surface area contributed by atoms with Crippen LogP contribution in [0.15, 0.2) is 22.8 Å². The van der Waals surface area contributed by atoms with Crippen LogP contribution in [0.4, 0.5) is 5.82 Å². The number of esters is 1. The van der Waals surface area contributed by atoms with Gasteiger partial charge in [-0.15, -0.1) is 0 Å². The normalized spacial score (nSPS) is 10.4. The van der Waals surface area contributed by atoms with Crippen molar-refractivity contribution < 1.29 is 18.7 Å². The summed E-state index contributed by atoms with van der Waals surface area (Å²) in [5, 5.41) is 4.21. The van der Waals surface area contributed by atoms with E-state index in [-0.39, 0.29) is 30.3 Å². The number of aryl methyl sites for hydroxylation is 1. The number of hydrogen-bond acceptors (Lipinski definition) is 6. The fourth-order valence-corrected chi connectivity index (χ4v) is 1.80. The van der Waals surface area contributed by atoms with E-state index >= 15 is 0 Å². The molecule has 7 nitrogen and oxygen atoms in total. The number of aldehydes is 1. The van der Waals surface area contributed by atoms with Crippen LogP contribution in [-0.2, 0) is 16.1 Å². The van der Waals surface area contributed by atoms with Crippen LogP contribution in [0.1, 0.15) is 23.7 Å². The summed E-state index contributed by atoms with van der Waals surface area (Å²) in [6.07, 6.45) is 2.24. The van der Waals surface area contributed by atoms with Crippen LogP contribution in [0.2, 0.25) is 0 Å². The first-order valence-electron chi connectivity index (χ1n) is 6.18. The average molecular weight is 277 g/mol.